The second kappa shape index (κ2) is 8.78. The molecule has 1 saturated heterocycles. The predicted octanol–water partition coefficient (Wildman–Crippen LogP) is 5.19. The molecule has 1 aliphatic rings. The fraction of sp³-hybridized carbons (Fsp3) is 0.333. The first-order valence-corrected chi connectivity index (χ1v) is 10.9. The molecule has 0 spiro atoms. The number of amides is 1. The van der Waals surface area contributed by atoms with E-state index in [4.69, 9.17) is 4.74 Å². The molecular weight excluding hydrogens is 380 g/mol. The number of thiazole rings is 1. The Labute approximate surface area is 176 Å². The molecular formula is C24H26N2O2S. The molecule has 1 aliphatic heterocycles. The molecule has 0 bridgehead atoms. The number of carbonyl (C=O) groups excluding carboxylic acids is 1. The minimum absolute atomic E-state index is 0.111. The van der Waals surface area contributed by atoms with E-state index in [1.165, 1.54) is 22.5 Å². The van der Waals surface area contributed by atoms with Crippen LogP contribution >= 0.6 is 11.3 Å². The molecule has 5 heteroatoms. The summed E-state index contributed by atoms with van der Waals surface area (Å²) in [5.41, 5.74) is 3.28. The second-order valence-electron chi connectivity index (χ2n) is 7.61. The van der Waals surface area contributed by atoms with Gasteiger partial charge in [-0.2, -0.15) is 0 Å². The Kier molecular flexibility index (Phi) is 5.95. The van der Waals surface area contributed by atoms with Crippen LogP contribution in [0.3, 0.4) is 0 Å². The van der Waals surface area contributed by atoms with Gasteiger partial charge in [-0.25, -0.2) is 4.98 Å². The Bertz CT molecular complexity index is 966. The normalized spacial score (nSPS) is 16.2. The van der Waals surface area contributed by atoms with Crippen LogP contribution in [0, 0.1) is 13.8 Å². The number of carbonyl (C=O) groups is 1. The van der Waals surface area contributed by atoms with Gasteiger partial charge in [0.05, 0.1) is 5.69 Å². The number of likely N-dealkylation sites (tertiary alicyclic amines) is 1. The van der Waals surface area contributed by atoms with Crippen LogP contribution in [0.1, 0.15) is 44.3 Å². The van der Waals surface area contributed by atoms with Crippen LogP contribution in [0.25, 0.3) is 0 Å². The summed E-state index contributed by atoms with van der Waals surface area (Å²) < 4.78 is 5.84. The summed E-state index contributed by atoms with van der Waals surface area (Å²) in [6.45, 7) is 5.18. The largest absolute Gasteiger partial charge is 0.486 e. The zero-order chi connectivity index (χ0) is 20.2. The third kappa shape index (κ3) is 4.67. The molecule has 150 valence electrons. The maximum atomic E-state index is 13.2. The van der Waals surface area contributed by atoms with Crippen molar-refractivity contribution in [3.05, 3.63) is 81.3 Å². The van der Waals surface area contributed by atoms with E-state index in [1.54, 1.807) is 0 Å². The van der Waals surface area contributed by atoms with Gasteiger partial charge in [-0.3, -0.25) is 4.79 Å². The molecule has 2 heterocycles. The van der Waals surface area contributed by atoms with Gasteiger partial charge in [0.25, 0.3) is 5.91 Å². The van der Waals surface area contributed by atoms with Gasteiger partial charge < -0.3 is 9.64 Å². The molecule has 3 aromatic rings. The number of hydrogen-bond donors (Lipinski definition) is 0. The van der Waals surface area contributed by atoms with Crippen molar-refractivity contribution in [3.63, 3.8) is 0 Å². The third-order valence-corrected chi connectivity index (χ3v) is 6.49. The zero-order valence-electron chi connectivity index (χ0n) is 16.9. The average Bonchev–Trinajstić information content (AvgIpc) is 3.34. The van der Waals surface area contributed by atoms with Crippen LogP contribution < -0.4 is 4.74 Å². The molecule has 0 aliphatic carbocycles. The molecule has 0 radical (unpaired) electrons. The minimum Gasteiger partial charge on any atom is -0.486 e. The van der Waals surface area contributed by atoms with E-state index in [9.17, 15) is 4.79 Å². The topological polar surface area (TPSA) is 42.4 Å². The van der Waals surface area contributed by atoms with Crippen LogP contribution in [0.15, 0.2) is 54.6 Å². The summed E-state index contributed by atoms with van der Waals surface area (Å²) in [7, 11) is 0. The number of hydrogen-bond acceptors (Lipinski definition) is 4. The van der Waals surface area contributed by atoms with Gasteiger partial charge in [0.15, 0.2) is 0 Å². The van der Waals surface area contributed by atoms with Gasteiger partial charge in [0.2, 0.25) is 0 Å². The highest BCUT2D eigenvalue weighted by molar-refractivity contribution is 7.13. The van der Waals surface area contributed by atoms with E-state index >= 15 is 0 Å². The number of ether oxygens (including phenoxy) is 1. The summed E-state index contributed by atoms with van der Waals surface area (Å²) in [5.74, 6) is 0.929. The minimum atomic E-state index is 0.111. The fourth-order valence-corrected chi connectivity index (χ4v) is 4.76. The average molecular weight is 407 g/mol. The lowest BCUT2D eigenvalue weighted by atomic mass is 10.0. The van der Waals surface area contributed by atoms with Crippen LogP contribution in [-0.2, 0) is 13.0 Å². The van der Waals surface area contributed by atoms with Gasteiger partial charge in [-0.05, 0) is 50.8 Å². The van der Waals surface area contributed by atoms with Crippen LogP contribution in [0.2, 0.25) is 0 Å². The summed E-state index contributed by atoms with van der Waals surface area (Å²) >= 11 is 1.46. The summed E-state index contributed by atoms with van der Waals surface area (Å²) in [6, 6.07) is 18.7. The maximum Gasteiger partial charge on any atom is 0.266 e. The third-order valence-electron chi connectivity index (χ3n) is 5.37. The number of aromatic nitrogens is 1. The van der Waals surface area contributed by atoms with Crippen molar-refractivity contribution in [3.8, 4) is 5.75 Å². The van der Waals surface area contributed by atoms with Crippen LogP contribution in [0.5, 0.6) is 5.75 Å². The standard InChI is InChI=1S/C24H26N2O2S/c1-17-10-12-21(13-11-17)28-16-22-25-18(2)23(29-22)24(27)26-14-6-9-20(26)15-19-7-4-3-5-8-19/h3-5,7-8,10-13,20H,6,9,14-16H2,1-2H3/t20-/m0/s1. The summed E-state index contributed by atoms with van der Waals surface area (Å²) in [4.78, 5) is 20.6. The molecule has 0 saturated carbocycles. The van der Waals surface area contributed by atoms with Gasteiger partial charge in [-0.15, -0.1) is 11.3 Å². The van der Waals surface area contributed by atoms with E-state index < -0.39 is 0 Å². The number of benzene rings is 2. The Hall–Kier alpha value is -2.66. The molecule has 1 amide bonds. The SMILES string of the molecule is Cc1ccc(OCc2nc(C)c(C(=O)N3CCC[C@H]3Cc3ccccc3)s2)cc1. The van der Waals surface area contributed by atoms with Crippen molar-refractivity contribution in [2.45, 2.75) is 45.8 Å². The molecule has 1 aromatic heterocycles. The Morgan fingerprint density at radius 2 is 1.90 bits per heavy atom. The van der Waals surface area contributed by atoms with E-state index in [-0.39, 0.29) is 11.9 Å². The molecule has 0 N–H and O–H groups in total. The van der Waals surface area contributed by atoms with Crippen LogP contribution in [-0.4, -0.2) is 28.4 Å². The van der Waals surface area contributed by atoms with Crippen molar-refractivity contribution >= 4 is 17.2 Å². The quantitative estimate of drug-likeness (QED) is 0.566. The Balaban J connectivity index is 1.43. The van der Waals surface area contributed by atoms with Crippen molar-refractivity contribution in [1.82, 2.24) is 9.88 Å². The first-order chi connectivity index (χ1) is 14.1. The summed E-state index contributed by atoms with van der Waals surface area (Å²) in [5, 5.41) is 0.838. The van der Waals surface area contributed by atoms with Gasteiger partial charge in [0.1, 0.15) is 22.2 Å². The zero-order valence-corrected chi connectivity index (χ0v) is 17.7. The van der Waals surface area contributed by atoms with E-state index in [0.717, 1.165) is 47.1 Å². The molecule has 29 heavy (non-hydrogen) atoms. The first-order valence-electron chi connectivity index (χ1n) is 10.1. The Morgan fingerprint density at radius 1 is 1.14 bits per heavy atom. The molecule has 0 unspecified atom stereocenters. The van der Waals surface area contributed by atoms with E-state index in [1.807, 2.05) is 42.2 Å². The predicted molar refractivity (Wildman–Crippen MR) is 117 cm³/mol. The van der Waals surface area contributed by atoms with Crippen molar-refractivity contribution < 1.29 is 9.53 Å². The molecule has 1 atom stereocenters. The smallest absolute Gasteiger partial charge is 0.266 e. The van der Waals surface area contributed by atoms with Gasteiger partial charge in [0, 0.05) is 12.6 Å². The number of nitrogens with zero attached hydrogens (tertiary/aromatic N) is 2. The Morgan fingerprint density at radius 3 is 2.66 bits per heavy atom. The van der Waals surface area contributed by atoms with Crippen molar-refractivity contribution in [1.29, 1.82) is 0 Å². The van der Waals surface area contributed by atoms with E-state index in [2.05, 4.69) is 36.2 Å². The lowest BCUT2D eigenvalue weighted by molar-refractivity contribution is 0.0740. The van der Waals surface area contributed by atoms with Crippen molar-refractivity contribution in [2.24, 2.45) is 0 Å². The van der Waals surface area contributed by atoms with E-state index in [0.29, 0.717) is 6.61 Å². The number of aryl methyl sites for hydroxylation is 2. The summed E-state index contributed by atoms with van der Waals surface area (Å²) in [6.07, 6.45) is 3.03. The van der Waals surface area contributed by atoms with Gasteiger partial charge >= 0.3 is 0 Å². The second-order valence-corrected chi connectivity index (χ2v) is 8.69. The molecule has 4 rings (SSSR count). The lowest BCUT2D eigenvalue weighted by Crippen LogP contribution is -2.36. The highest BCUT2D eigenvalue weighted by Gasteiger charge is 2.31. The first kappa shape index (κ1) is 19.6. The van der Waals surface area contributed by atoms with Crippen LogP contribution in [0.4, 0.5) is 0 Å². The highest BCUT2D eigenvalue weighted by Crippen LogP contribution is 2.27. The highest BCUT2D eigenvalue weighted by atomic mass is 32.1. The lowest BCUT2D eigenvalue weighted by Gasteiger charge is -2.24. The van der Waals surface area contributed by atoms with Crippen molar-refractivity contribution in [2.75, 3.05) is 6.54 Å². The fourth-order valence-electron chi connectivity index (χ4n) is 3.82. The van der Waals surface area contributed by atoms with Gasteiger partial charge in [-0.1, -0.05) is 48.0 Å². The molecule has 4 nitrogen and oxygen atoms in total. The molecule has 1 fully saturated rings. The maximum absolute atomic E-state index is 13.2. The number of rotatable bonds is 6. The molecule has 2 aromatic carbocycles. The monoisotopic (exact) mass is 406 g/mol.